The number of nitrogens with zero attached hydrogens (tertiary/aromatic N) is 1. The van der Waals surface area contributed by atoms with Gasteiger partial charge in [-0.3, -0.25) is 9.52 Å². The van der Waals surface area contributed by atoms with Crippen molar-refractivity contribution in [1.29, 1.82) is 0 Å². The summed E-state index contributed by atoms with van der Waals surface area (Å²) in [5.74, 6) is 0.530. The number of carbonyl (C=O) groups excluding carboxylic acids is 1. The average molecular weight is 515 g/mol. The van der Waals surface area contributed by atoms with Crippen LogP contribution in [0.1, 0.15) is 25.0 Å². The van der Waals surface area contributed by atoms with Gasteiger partial charge in [0.2, 0.25) is 5.91 Å². The minimum atomic E-state index is -3.88. The van der Waals surface area contributed by atoms with Crippen molar-refractivity contribution in [2.75, 3.05) is 9.62 Å². The van der Waals surface area contributed by atoms with Gasteiger partial charge in [-0.2, -0.15) is 0 Å². The first kappa shape index (κ1) is 22.4. The number of anilines is 2. The highest BCUT2D eigenvalue weighted by Gasteiger charge is 2.32. The van der Waals surface area contributed by atoms with E-state index in [0.717, 1.165) is 11.1 Å². The van der Waals surface area contributed by atoms with Crippen LogP contribution in [-0.2, 0) is 27.8 Å². The third-order valence-electron chi connectivity index (χ3n) is 5.33. The number of sulfonamides is 1. The van der Waals surface area contributed by atoms with E-state index in [4.69, 9.17) is 4.74 Å². The smallest absolute Gasteiger partial charge is 0.263 e. The van der Waals surface area contributed by atoms with Gasteiger partial charge in [-0.05, 0) is 76.8 Å². The molecule has 32 heavy (non-hydrogen) atoms. The molecule has 0 saturated carbocycles. The fourth-order valence-corrected chi connectivity index (χ4v) is 6.04. The summed E-state index contributed by atoms with van der Waals surface area (Å²) in [6, 6.07) is 19.9. The van der Waals surface area contributed by atoms with Crippen LogP contribution in [0.4, 0.5) is 11.4 Å². The Morgan fingerprint density at radius 2 is 1.81 bits per heavy atom. The topological polar surface area (TPSA) is 75.7 Å². The lowest BCUT2D eigenvalue weighted by Crippen LogP contribution is -2.33. The fraction of sp³-hybridized carbons (Fsp3) is 0.208. The number of hydrogen-bond acceptors (Lipinski definition) is 4. The first-order valence-corrected chi connectivity index (χ1v) is 12.4. The molecule has 0 aliphatic carbocycles. The highest BCUT2D eigenvalue weighted by molar-refractivity contribution is 9.10. The summed E-state index contributed by atoms with van der Waals surface area (Å²) >= 11 is 3.39. The zero-order valence-corrected chi connectivity index (χ0v) is 20.1. The van der Waals surface area contributed by atoms with Crippen molar-refractivity contribution in [2.45, 2.75) is 37.8 Å². The van der Waals surface area contributed by atoms with E-state index in [-0.39, 0.29) is 16.8 Å². The van der Waals surface area contributed by atoms with Gasteiger partial charge in [-0.25, -0.2) is 8.42 Å². The molecule has 0 spiro atoms. The molecule has 0 unspecified atom stereocenters. The van der Waals surface area contributed by atoms with Gasteiger partial charge in [-0.1, -0.05) is 30.3 Å². The van der Waals surface area contributed by atoms with E-state index in [0.29, 0.717) is 34.6 Å². The Kier molecular flexibility index (Phi) is 6.26. The van der Waals surface area contributed by atoms with Crippen LogP contribution in [0.15, 0.2) is 76.1 Å². The second-order valence-corrected chi connectivity index (χ2v) is 10.3. The molecule has 3 aromatic rings. The SMILES string of the molecule is CC(=O)N1c2cc(S(=O)(=O)Nc3ccc(OCc4ccccc4)cc3)c(Br)cc2C[C@H]1C. The lowest BCUT2D eigenvalue weighted by atomic mass is 10.1. The van der Waals surface area contributed by atoms with Gasteiger partial charge in [0.15, 0.2) is 0 Å². The monoisotopic (exact) mass is 514 g/mol. The van der Waals surface area contributed by atoms with Crippen LogP contribution in [0, 0.1) is 0 Å². The van der Waals surface area contributed by atoms with Gasteiger partial charge in [0.25, 0.3) is 10.0 Å². The second-order valence-electron chi connectivity index (χ2n) is 7.76. The number of nitrogens with one attached hydrogen (secondary N) is 1. The molecule has 1 N–H and O–H groups in total. The molecular weight excluding hydrogens is 492 g/mol. The van der Waals surface area contributed by atoms with E-state index in [9.17, 15) is 13.2 Å². The lowest BCUT2D eigenvalue weighted by molar-refractivity contribution is -0.116. The Labute approximate surface area is 196 Å². The van der Waals surface area contributed by atoms with Crippen molar-refractivity contribution >= 4 is 43.2 Å². The average Bonchev–Trinajstić information content (AvgIpc) is 3.07. The maximum absolute atomic E-state index is 13.1. The molecule has 166 valence electrons. The van der Waals surface area contributed by atoms with Gasteiger partial charge in [-0.15, -0.1) is 0 Å². The summed E-state index contributed by atoms with van der Waals surface area (Å²) in [7, 11) is -3.88. The Bertz CT molecular complexity index is 1240. The molecule has 8 heteroatoms. The fourth-order valence-electron chi connectivity index (χ4n) is 3.87. The molecule has 1 amide bonds. The first-order chi connectivity index (χ1) is 15.2. The van der Waals surface area contributed by atoms with Gasteiger partial charge < -0.3 is 9.64 Å². The van der Waals surface area contributed by atoms with Gasteiger partial charge in [0.05, 0.1) is 0 Å². The number of amides is 1. The zero-order valence-electron chi connectivity index (χ0n) is 17.7. The maximum Gasteiger partial charge on any atom is 0.263 e. The lowest BCUT2D eigenvalue weighted by Gasteiger charge is -2.21. The number of ether oxygens (including phenoxy) is 1. The summed E-state index contributed by atoms with van der Waals surface area (Å²) in [6.45, 7) is 3.86. The van der Waals surface area contributed by atoms with Crippen molar-refractivity contribution in [3.63, 3.8) is 0 Å². The minimum Gasteiger partial charge on any atom is -0.489 e. The van der Waals surface area contributed by atoms with Crippen molar-refractivity contribution in [1.82, 2.24) is 0 Å². The van der Waals surface area contributed by atoms with E-state index in [2.05, 4.69) is 20.7 Å². The van der Waals surface area contributed by atoms with E-state index in [1.165, 1.54) is 6.92 Å². The quantitative estimate of drug-likeness (QED) is 0.494. The van der Waals surface area contributed by atoms with E-state index < -0.39 is 10.0 Å². The zero-order chi connectivity index (χ0) is 22.9. The summed E-state index contributed by atoms with van der Waals surface area (Å²) in [6.07, 6.45) is 0.686. The number of benzene rings is 3. The Hall–Kier alpha value is -2.84. The third-order valence-corrected chi connectivity index (χ3v) is 7.67. The second kappa shape index (κ2) is 8.96. The Balaban J connectivity index is 1.52. The highest BCUT2D eigenvalue weighted by Crippen LogP contribution is 2.38. The normalized spacial score (nSPS) is 15.3. The third kappa shape index (κ3) is 4.66. The molecule has 0 aromatic heterocycles. The number of hydrogen-bond donors (Lipinski definition) is 1. The summed E-state index contributed by atoms with van der Waals surface area (Å²) in [5, 5.41) is 0. The number of carbonyl (C=O) groups is 1. The predicted octanol–water partition coefficient (Wildman–Crippen LogP) is 5.13. The van der Waals surface area contributed by atoms with Crippen molar-refractivity contribution in [3.8, 4) is 5.75 Å². The summed E-state index contributed by atoms with van der Waals surface area (Å²) in [5.41, 5.74) is 3.05. The molecule has 0 fully saturated rings. The molecule has 3 aromatic carbocycles. The van der Waals surface area contributed by atoms with Crippen molar-refractivity contribution < 1.29 is 17.9 Å². The maximum atomic E-state index is 13.1. The predicted molar refractivity (Wildman–Crippen MR) is 128 cm³/mol. The highest BCUT2D eigenvalue weighted by atomic mass is 79.9. The number of rotatable bonds is 6. The Morgan fingerprint density at radius 1 is 1.12 bits per heavy atom. The molecule has 0 bridgehead atoms. The van der Waals surface area contributed by atoms with Crippen molar-refractivity contribution in [2.24, 2.45) is 0 Å². The van der Waals surface area contributed by atoms with Crippen LogP contribution in [0.5, 0.6) is 5.75 Å². The molecule has 1 heterocycles. The molecule has 4 rings (SSSR count). The number of halogens is 1. The van der Waals surface area contributed by atoms with Gasteiger partial charge in [0, 0.05) is 28.8 Å². The molecule has 0 radical (unpaired) electrons. The molecule has 1 atom stereocenters. The van der Waals surface area contributed by atoms with Gasteiger partial charge >= 0.3 is 0 Å². The Morgan fingerprint density at radius 3 is 2.47 bits per heavy atom. The van der Waals surface area contributed by atoms with Crippen LogP contribution in [0.2, 0.25) is 0 Å². The first-order valence-electron chi connectivity index (χ1n) is 10.2. The van der Waals surface area contributed by atoms with Crippen LogP contribution in [0.25, 0.3) is 0 Å². The van der Waals surface area contributed by atoms with E-state index >= 15 is 0 Å². The standard InChI is InChI=1S/C24H23BrN2O4S/c1-16-12-19-13-22(25)24(14-23(19)27(16)17(2)28)32(29,30)26-20-8-10-21(11-9-20)31-15-18-6-4-3-5-7-18/h3-11,13-14,16,26H,12,15H2,1-2H3/t16-/m1/s1. The van der Waals surface area contributed by atoms with Crippen LogP contribution >= 0.6 is 15.9 Å². The van der Waals surface area contributed by atoms with Crippen molar-refractivity contribution in [3.05, 3.63) is 82.3 Å². The minimum absolute atomic E-state index is 0.0104. The molecule has 0 saturated heterocycles. The van der Waals surface area contributed by atoms with E-state index in [1.54, 1.807) is 41.3 Å². The van der Waals surface area contributed by atoms with Crippen LogP contribution in [0.3, 0.4) is 0 Å². The van der Waals surface area contributed by atoms with Crippen LogP contribution < -0.4 is 14.4 Å². The van der Waals surface area contributed by atoms with Gasteiger partial charge in [0.1, 0.15) is 17.3 Å². The molecule has 1 aliphatic heterocycles. The largest absolute Gasteiger partial charge is 0.489 e. The molecule has 1 aliphatic rings. The summed E-state index contributed by atoms with van der Waals surface area (Å²) in [4.78, 5) is 13.8. The molecular formula is C24H23BrN2O4S. The number of fused-ring (bicyclic) bond motifs is 1. The summed E-state index contributed by atoms with van der Waals surface area (Å²) < 4.78 is 35.0. The molecule has 6 nitrogen and oxygen atoms in total. The van der Waals surface area contributed by atoms with E-state index in [1.807, 2.05) is 37.3 Å². The van der Waals surface area contributed by atoms with Crippen LogP contribution in [-0.4, -0.2) is 20.4 Å².